The zero-order valence-corrected chi connectivity index (χ0v) is 15.7. The third-order valence-electron chi connectivity index (χ3n) is 3.93. The molecule has 0 saturated carbocycles. The molecule has 23 heavy (non-hydrogen) atoms. The van der Waals surface area contributed by atoms with Crippen molar-refractivity contribution in [2.75, 3.05) is 13.1 Å². The van der Waals surface area contributed by atoms with E-state index in [0.717, 1.165) is 31.5 Å². The molecule has 0 aliphatic carbocycles. The topological polar surface area (TPSA) is 49.7 Å². The maximum atomic E-state index is 12.6. The van der Waals surface area contributed by atoms with Gasteiger partial charge in [-0.15, -0.1) is 4.40 Å². The fourth-order valence-corrected chi connectivity index (χ4v) is 3.53. The van der Waals surface area contributed by atoms with Crippen molar-refractivity contribution in [3.05, 3.63) is 29.8 Å². The molecular weight excluding hydrogens is 308 g/mol. The molecule has 130 valence electrons. The molecular formula is C18H30N2O2S. The summed E-state index contributed by atoms with van der Waals surface area (Å²) < 4.78 is 29.3. The highest BCUT2D eigenvalue weighted by atomic mass is 32.2. The van der Waals surface area contributed by atoms with Crippen LogP contribution in [-0.4, -0.2) is 32.2 Å². The van der Waals surface area contributed by atoms with E-state index in [4.69, 9.17) is 0 Å². The van der Waals surface area contributed by atoms with Crippen LogP contribution in [0.3, 0.4) is 0 Å². The summed E-state index contributed by atoms with van der Waals surface area (Å²) in [6.45, 7) is 9.71. The SMILES string of the molecule is CCCCCC/C(=N/S(=O)(=O)c1ccc(C)cc1)N(CC)CC. The van der Waals surface area contributed by atoms with Gasteiger partial charge in [-0.2, -0.15) is 8.42 Å². The van der Waals surface area contributed by atoms with Gasteiger partial charge in [-0.3, -0.25) is 0 Å². The predicted molar refractivity (Wildman–Crippen MR) is 97.5 cm³/mol. The molecule has 0 atom stereocenters. The summed E-state index contributed by atoms with van der Waals surface area (Å²) in [6.07, 6.45) is 5.15. The van der Waals surface area contributed by atoms with E-state index in [1.54, 1.807) is 24.3 Å². The van der Waals surface area contributed by atoms with Gasteiger partial charge >= 0.3 is 0 Å². The number of aryl methyl sites for hydroxylation is 1. The lowest BCUT2D eigenvalue weighted by atomic mass is 10.1. The van der Waals surface area contributed by atoms with Crippen LogP contribution in [0.2, 0.25) is 0 Å². The van der Waals surface area contributed by atoms with Gasteiger partial charge in [0.1, 0.15) is 5.84 Å². The van der Waals surface area contributed by atoms with Crippen molar-refractivity contribution in [1.29, 1.82) is 0 Å². The van der Waals surface area contributed by atoms with Gasteiger partial charge in [0.25, 0.3) is 10.0 Å². The van der Waals surface area contributed by atoms with Crippen LogP contribution in [0.5, 0.6) is 0 Å². The van der Waals surface area contributed by atoms with Crippen molar-refractivity contribution in [1.82, 2.24) is 4.90 Å². The molecule has 1 aromatic rings. The number of sulfonamides is 1. The van der Waals surface area contributed by atoms with Crippen LogP contribution >= 0.6 is 0 Å². The van der Waals surface area contributed by atoms with Gasteiger partial charge in [-0.25, -0.2) is 0 Å². The molecule has 1 aromatic carbocycles. The summed E-state index contributed by atoms with van der Waals surface area (Å²) in [6, 6.07) is 6.87. The van der Waals surface area contributed by atoms with Gasteiger partial charge in [0, 0.05) is 19.5 Å². The van der Waals surface area contributed by atoms with E-state index in [2.05, 4.69) is 11.3 Å². The fourth-order valence-electron chi connectivity index (χ4n) is 2.46. The highest BCUT2D eigenvalue weighted by Crippen LogP contribution is 2.16. The average Bonchev–Trinajstić information content (AvgIpc) is 2.52. The van der Waals surface area contributed by atoms with Gasteiger partial charge in [-0.05, 0) is 39.3 Å². The van der Waals surface area contributed by atoms with E-state index in [1.165, 1.54) is 12.8 Å². The van der Waals surface area contributed by atoms with Gasteiger partial charge < -0.3 is 4.90 Å². The van der Waals surface area contributed by atoms with E-state index >= 15 is 0 Å². The molecule has 0 bridgehead atoms. The Bertz CT molecular complexity index is 588. The zero-order valence-electron chi connectivity index (χ0n) is 14.9. The van der Waals surface area contributed by atoms with Crippen molar-refractivity contribution >= 4 is 15.9 Å². The largest absolute Gasteiger partial charge is 0.360 e. The smallest absolute Gasteiger partial charge is 0.283 e. The second-order valence-electron chi connectivity index (χ2n) is 5.78. The quantitative estimate of drug-likeness (QED) is 0.381. The average molecular weight is 339 g/mol. The van der Waals surface area contributed by atoms with Gasteiger partial charge in [0.2, 0.25) is 0 Å². The minimum atomic E-state index is -3.64. The van der Waals surface area contributed by atoms with Crippen molar-refractivity contribution in [2.45, 2.75) is 64.7 Å². The minimum Gasteiger partial charge on any atom is -0.360 e. The molecule has 0 unspecified atom stereocenters. The van der Waals surface area contributed by atoms with Gasteiger partial charge in [0.05, 0.1) is 4.90 Å². The Kier molecular flexibility index (Phi) is 8.31. The summed E-state index contributed by atoms with van der Waals surface area (Å²) in [5.74, 6) is 0.687. The zero-order chi connectivity index (χ0) is 17.3. The van der Waals surface area contributed by atoms with E-state index in [1.807, 2.05) is 25.7 Å². The van der Waals surface area contributed by atoms with Crippen LogP contribution < -0.4 is 0 Å². The fraction of sp³-hybridized carbons (Fsp3) is 0.611. The number of rotatable bonds is 9. The first-order valence-corrected chi connectivity index (χ1v) is 10.0. The molecule has 4 nitrogen and oxygen atoms in total. The minimum absolute atomic E-state index is 0.265. The lowest BCUT2D eigenvalue weighted by molar-refractivity contribution is 0.451. The van der Waals surface area contributed by atoms with Crippen molar-refractivity contribution in [3.8, 4) is 0 Å². The van der Waals surface area contributed by atoms with Crippen LogP contribution in [0.1, 0.15) is 58.4 Å². The Morgan fingerprint density at radius 1 is 1.00 bits per heavy atom. The Balaban J connectivity index is 3.02. The first kappa shape index (κ1) is 19.7. The molecule has 0 amide bonds. The molecule has 0 aliphatic heterocycles. The summed E-state index contributed by atoms with van der Waals surface area (Å²) in [7, 11) is -3.64. The van der Waals surface area contributed by atoms with Crippen LogP contribution in [0.25, 0.3) is 0 Å². The standard InChI is InChI=1S/C18H30N2O2S/c1-5-8-9-10-11-18(20(6-2)7-3)19-23(21,22)17-14-12-16(4)13-15-17/h12-15H,5-11H2,1-4H3/b19-18-. The van der Waals surface area contributed by atoms with Crippen molar-refractivity contribution in [3.63, 3.8) is 0 Å². The van der Waals surface area contributed by atoms with Gasteiger partial charge in [0.15, 0.2) is 0 Å². The summed E-state index contributed by atoms with van der Waals surface area (Å²) in [4.78, 5) is 2.30. The van der Waals surface area contributed by atoms with E-state index in [0.29, 0.717) is 12.3 Å². The van der Waals surface area contributed by atoms with Crippen LogP contribution in [0.4, 0.5) is 0 Å². The Morgan fingerprint density at radius 2 is 1.61 bits per heavy atom. The monoisotopic (exact) mass is 338 g/mol. The number of nitrogens with zero attached hydrogens (tertiary/aromatic N) is 2. The number of hydrogen-bond donors (Lipinski definition) is 0. The predicted octanol–water partition coefficient (Wildman–Crippen LogP) is 4.39. The maximum absolute atomic E-state index is 12.6. The molecule has 0 spiro atoms. The Morgan fingerprint density at radius 3 is 2.13 bits per heavy atom. The van der Waals surface area contributed by atoms with Crippen molar-refractivity contribution in [2.24, 2.45) is 4.40 Å². The van der Waals surface area contributed by atoms with Crippen molar-refractivity contribution < 1.29 is 8.42 Å². The lowest BCUT2D eigenvalue weighted by Crippen LogP contribution is -2.31. The highest BCUT2D eigenvalue weighted by Gasteiger charge is 2.16. The second-order valence-corrected chi connectivity index (χ2v) is 7.38. The third-order valence-corrected chi connectivity index (χ3v) is 5.25. The molecule has 0 aliphatic rings. The Hall–Kier alpha value is -1.36. The molecule has 0 heterocycles. The number of benzene rings is 1. The number of hydrogen-bond acceptors (Lipinski definition) is 2. The summed E-state index contributed by atoms with van der Waals surface area (Å²) >= 11 is 0. The second kappa shape index (κ2) is 9.71. The van der Waals surface area contributed by atoms with E-state index in [9.17, 15) is 8.42 Å². The van der Waals surface area contributed by atoms with E-state index < -0.39 is 10.0 Å². The first-order chi connectivity index (χ1) is 10.9. The molecule has 0 radical (unpaired) electrons. The van der Waals surface area contributed by atoms with Crippen LogP contribution in [-0.2, 0) is 10.0 Å². The normalized spacial score (nSPS) is 12.4. The van der Waals surface area contributed by atoms with E-state index in [-0.39, 0.29) is 4.90 Å². The Labute approximate surface area is 141 Å². The first-order valence-electron chi connectivity index (χ1n) is 8.60. The molecule has 0 aromatic heterocycles. The van der Waals surface area contributed by atoms with Gasteiger partial charge in [-0.1, -0.05) is 43.9 Å². The maximum Gasteiger partial charge on any atom is 0.283 e. The summed E-state index contributed by atoms with van der Waals surface area (Å²) in [5.41, 5.74) is 1.04. The molecule has 5 heteroatoms. The van der Waals surface area contributed by atoms with Crippen LogP contribution in [0.15, 0.2) is 33.6 Å². The third kappa shape index (κ3) is 6.34. The summed E-state index contributed by atoms with van der Waals surface area (Å²) in [5, 5.41) is 0. The number of amidine groups is 1. The lowest BCUT2D eigenvalue weighted by Gasteiger charge is -2.23. The molecule has 0 N–H and O–H groups in total. The van der Waals surface area contributed by atoms with Crippen LogP contribution in [0, 0.1) is 6.92 Å². The number of unbranched alkanes of at least 4 members (excludes halogenated alkanes) is 3. The highest BCUT2D eigenvalue weighted by molar-refractivity contribution is 7.90. The molecule has 0 saturated heterocycles. The molecule has 1 rings (SSSR count). The molecule has 0 fully saturated rings.